The van der Waals surface area contributed by atoms with Gasteiger partial charge in [0, 0.05) is 14.2 Å². The topological polar surface area (TPSA) is 37.3 Å². The molecular weight excluding hydrogens is 240 g/mol. The molecule has 1 unspecified atom stereocenters. The number of thiophene rings is 1. The first kappa shape index (κ1) is 9.74. The van der Waals surface area contributed by atoms with Gasteiger partial charge in [0.25, 0.3) is 0 Å². The van der Waals surface area contributed by atoms with Gasteiger partial charge >= 0.3 is 5.97 Å². The summed E-state index contributed by atoms with van der Waals surface area (Å²) in [6.07, 6.45) is 0. The SMILES string of the molecule is Cc1sc(C(C)C(=O)O)cc1Br. The molecule has 1 heterocycles. The Morgan fingerprint density at radius 1 is 1.75 bits per heavy atom. The number of carboxylic acids is 1. The van der Waals surface area contributed by atoms with E-state index in [0.29, 0.717) is 0 Å². The molecule has 0 aromatic carbocycles. The van der Waals surface area contributed by atoms with E-state index in [2.05, 4.69) is 15.9 Å². The summed E-state index contributed by atoms with van der Waals surface area (Å²) in [7, 11) is 0. The molecule has 0 aliphatic carbocycles. The third kappa shape index (κ3) is 1.87. The molecule has 1 aromatic heterocycles. The van der Waals surface area contributed by atoms with Gasteiger partial charge in [-0.2, -0.15) is 0 Å². The van der Waals surface area contributed by atoms with Gasteiger partial charge in [0.15, 0.2) is 0 Å². The zero-order chi connectivity index (χ0) is 9.30. The molecule has 2 nitrogen and oxygen atoms in total. The van der Waals surface area contributed by atoms with Crippen molar-refractivity contribution in [3.63, 3.8) is 0 Å². The fourth-order valence-corrected chi connectivity index (χ4v) is 2.42. The first-order chi connectivity index (χ1) is 5.52. The smallest absolute Gasteiger partial charge is 0.311 e. The maximum Gasteiger partial charge on any atom is 0.311 e. The van der Waals surface area contributed by atoms with E-state index in [9.17, 15) is 4.79 Å². The number of hydrogen-bond donors (Lipinski definition) is 1. The third-order valence-electron chi connectivity index (χ3n) is 1.67. The Kier molecular flexibility index (Phi) is 2.90. The molecule has 1 aromatic rings. The van der Waals surface area contributed by atoms with E-state index in [1.165, 1.54) is 11.3 Å². The average Bonchev–Trinajstić information content (AvgIpc) is 2.30. The summed E-state index contributed by atoms with van der Waals surface area (Å²) >= 11 is 4.87. The van der Waals surface area contributed by atoms with Crippen LogP contribution in [0.5, 0.6) is 0 Å². The maximum atomic E-state index is 10.6. The summed E-state index contributed by atoms with van der Waals surface area (Å²) in [6.45, 7) is 3.66. The minimum absolute atomic E-state index is 0.403. The molecule has 0 amide bonds. The van der Waals surface area contributed by atoms with Gasteiger partial charge in [-0.1, -0.05) is 0 Å². The lowest BCUT2D eigenvalue weighted by Crippen LogP contribution is -2.05. The van der Waals surface area contributed by atoms with E-state index in [0.717, 1.165) is 14.2 Å². The van der Waals surface area contributed by atoms with E-state index in [-0.39, 0.29) is 0 Å². The number of halogens is 1. The molecule has 4 heteroatoms. The van der Waals surface area contributed by atoms with Gasteiger partial charge in [0.1, 0.15) is 0 Å². The van der Waals surface area contributed by atoms with Crippen LogP contribution in [-0.4, -0.2) is 11.1 Å². The Hall–Kier alpha value is -0.350. The summed E-state index contributed by atoms with van der Waals surface area (Å²) in [5, 5.41) is 8.73. The second kappa shape index (κ2) is 3.58. The van der Waals surface area contributed by atoms with Crippen LogP contribution >= 0.6 is 27.3 Å². The molecule has 66 valence electrons. The van der Waals surface area contributed by atoms with E-state index in [1.807, 2.05) is 13.0 Å². The Morgan fingerprint density at radius 2 is 2.33 bits per heavy atom. The monoisotopic (exact) mass is 248 g/mol. The van der Waals surface area contributed by atoms with Crippen molar-refractivity contribution in [2.75, 3.05) is 0 Å². The van der Waals surface area contributed by atoms with Crippen LogP contribution in [0.2, 0.25) is 0 Å². The molecule has 0 aliphatic rings. The number of aliphatic carboxylic acids is 1. The molecule has 0 aliphatic heterocycles. The van der Waals surface area contributed by atoms with Crippen molar-refractivity contribution >= 4 is 33.2 Å². The molecule has 0 bridgehead atoms. The van der Waals surface area contributed by atoms with E-state index >= 15 is 0 Å². The Labute approximate surface area is 83.4 Å². The van der Waals surface area contributed by atoms with Crippen LogP contribution in [0.1, 0.15) is 22.6 Å². The van der Waals surface area contributed by atoms with Crippen LogP contribution in [-0.2, 0) is 4.79 Å². The zero-order valence-electron chi connectivity index (χ0n) is 6.80. The molecule has 1 atom stereocenters. The summed E-state index contributed by atoms with van der Waals surface area (Å²) in [4.78, 5) is 12.6. The molecule has 0 saturated heterocycles. The van der Waals surface area contributed by atoms with Gasteiger partial charge in [-0.3, -0.25) is 4.79 Å². The van der Waals surface area contributed by atoms with Crippen LogP contribution in [0.15, 0.2) is 10.5 Å². The predicted octanol–water partition coefficient (Wildman–Crippen LogP) is 3.01. The molecule has 1 N–H and O–H groups in total. The lowest BCUT2D eigenvalue weighted by atomic mass is 10.1. The van der Waals surface area contributed by atoms with Crippen molar-refractivity contribution in [3.8, 4) is 0 Å². The van der Waals surface area contributed by atoms with Gasteiger partial charge in [0.05, 0.1) is 5.92 Å². The minimum atomic E-state index is -0.774. The Morgan fingerprint density at radius 3 is 2.67 bits per heavy atom. The summed E-state index contributed by atoms with van der Waals surface area (Å²) < 4.78 is 0.996. The molecular formula is C8H9BrO2S. The standard InChI is InChI=1S/C8H9BrO2S/c1-4(8(10)11)7-3-6(9)5(2)12-7/h3-4H,1-2H3,(H,10,11). The highest BCUT2D eigenvalue weighted by Crippen LogP contribution is 2.31. The minimum Gasteiger partial charge on any atom is -0.481 e. The quantitative estimate of drug-likeness (QED) is 0.874. The van der Waals surface area contributed by atoms with Crippen LogP contribution < -0.4 is 0 Å². The largest absolute Gasteiger partial charge is 0.481 e. The zero-order valence-corrected chi connectivity index (χ0v) is 9.20. The normalized spacial score (nSPS) is 12.9. The number of carboxylic acid groups (broad SMARTS) is 1. The molecule has 0 fully saturated rings. The predicted molar refractivity (Wildman–Crippen MR) is 52.8 cm³/mol. The highest BCUT2D eigenvalue weighted by Gasteiger charge is 2.16. The molecule has 1 rings (SSSR count). The van der Waals surface area contributed by atoms with Gasteiger partial charge in [0.2, 0.25) is 0 Å². The van der Waals surface area contributed by atoms with Crippen LogP contribution in [0.25, 0.3) is 0 Å². The van der Waals surface area contributed by atoms with Gasteiger partial charge in [-0.15, -0.1) is 11.3 Å². The number of aryl methyl sites for hydroxylation is 1. The summed E-state index contributed by atoms with van der Waals surface area (Å²) in [6, 6.07) is 1.87. The van der Waals surface area contributed by atoms with Crippen molar-refractivity contribution in [2.24, 2.45) is 0 Å². The molecule has 0 spiro atoms. The Bertz CT molecular complexity index is 287. The highest BCUT2D eigenvalue weighted by atomic mass is 79.9. The van der Waals surface area contributed by atoms with E-state index < -0.39 is 11.9 Å². The highest BCUT2D eigenvalue weighted by molar-refractivity contribution is 9.10. The lowest BCUT2D eigenvalue weighted by molar-refractivity contribution is -0.138. The third-order valence-corrected chi connectivity index (χ3v) is 3.99. The van der Waals surface area contributed by atoms with Gasteiger partial charge in [-0.05, 0) is 35.8 Å². The van der Waals surface area contributed by atoms with Gasteiger partial charge in [-0.25, -0.2) is 0 Å². The summed E-state index contributed by atoms with van der Waals surface area (Å²) in [5.74, 6) is -1.18. The fourth-order valence-electron chi connectivity index (χ4n) is 0.817. The fraction of sp³-hybridized carbons (Fsp3) is 0.375. The number of carbonyl (C=O) groups is 1. The number of hydrogen-bond acceptors (Lipinski definition) is 2. The lowest BCUT2D eigenvalue weighted by Gasteiger charge is -2.00. The van der Waals surface area contributed by atoms with Crippen LogP contribution in [0.4, 0.5) is 0 Å². The van der Waals surface area contributed by atoms with Crippen LogP contribution in [0.3, 0.4) is 0 Å². The molecule has 0 saturated carbocycles. The van der Waals surface area contributed by atoms with Crippen LogP contribution in [0, 0.1) is 6.92 Å². The summed E-state index contributed by atoms with van der Waals surface area (Å²) in [5.41, 5.74) is 0. The molecule has 0 radical (unpaired) electrons. The molecule has 12 heavy (non-hydrogen) atoms. The maximum absolute atomic E-state index is 10.6. The first-order valence-electron chi connectivity index (χ1n) is 3.51. The van der Waals surface area contributed by atoms with Crippen molar-refractivity contribution in [1.29, 1.82) is 0 Å². The average molecular weight is 249 g/mol. The van der Waals surface area contributed by atoms with Crippen molar-refractivity contribution in [2.45, 2.75) is 19.8 Å². The first-order valence-corrected chi connectivity index (χ1v) is 5.12. The van der Waals surface area contributed by atoms with Crippen molar-refractivity contribution in [1.82, 2.24) is 0 Å². The van der Waals surface area contributed by atoms with E-state index in [1.54, 1.807) is 6.92 Å². The van der Waals surface area contributed by atoms with E-state index in [4.69, 9.17) is 5.11 Å². The van der Waals surface area contributed by atoms with Crippen molar-refractivity contribution in [3.05, 3.63) is 20.3 Å². The second-order valence-corrected chi connectivity index (χ2v) is 4.76. The van der Waals surface area contributed by atoms with Gasteiger partial charge < -0.3 is 5.11 Å². The van der Waals surface area contributed by atoms with Crippen molar-refractivity contribution < 1.29 is 9.90 Å². The number of rotatable bonds is 2. The Balaban J connectivity index is 2.96. The second-order valence-electron chi connectivity index (χ2n) is 2.61.